The third kappa shape index (κ3) is 5.04. The Bertz CT molecular complexity index is 1350. The van der Waals surface area contributed by atoms with Gasteiger partial charge in [0.25, 0.3) is 0 Å². The van der Waals surface area contributed by atoms with Crippen molar-refractivity contribution in [3.8, 4) is 5.75 Å². The second kappa shape index (κ2) is 9.58. The first kappa shape index (κ1) is 22.1. The highest BCUT2D eigenvalue weighted by Crippen LogP contribution is 2.32. The van der Waals surface area contributed by atoms with Gasteiger partial charge < -0.3 is 19.2 Å². The van der Waals surface area contributed by atoms with E-state index in [1.165, 1.54) is 29.4 Å². The predicted molar refractivity (Wildman–Crippen MR) is 126 cm³/mol. The van der Waals surface area contributed by atoms with E-state index >= 15 is 0 Å². The van der Waals surface area contributed by atoms with E-state index in [1.54, 1.807) is 37.4 Å². The van der Waals surface area contributed by atoms with Gasteiger partial charge in [-0.05, 0) is 35.9 Å². The smallest absolute Gasteiger partial charge is 0.351 e. The molecule has 0 radical (unpaired) electrons. The number of benzene rings is 2. The van der Waals surface area contributed by atoms with Crippen LogP contribution in [0.1, 0.15) is 15.9 Å². The van der Waals surface area contributed by atoms with Gasteiger partial charge in [0, 0.05) is 18.8 Å². The number of carbonyl (C=O) groups is 2. The monoisotopic (exact) mass is 464 g/mol. The highest BCUT2D eigenvalue weighted by molar-refractivity contribution is 7.22. The fraction of sp³-hybridized carbons (Fsp3) is 0.125. The molecule has 0 unspecified atom stereocenters. The van der Waals surface area contributed by atoms with Crippen molar-refractivity contribution >= 4 is 44.3 Å². The van der Waals surface area contributed by atoms with Gasteiger partial charge in [0.05, 0.1) is 11.8 Å². The molecule has 2 aromatic carbocycles. The molecule has 168 valence electrons. The van der Waals surface area contributed by atoms with Gasteiger partial charge in [0.15, 0.2) is 5.58 Å². The molecule has 0 aliphatic rings. The number of fused-ring (bicyclic) bond motifs is 1. The lowest BCUT2D eigenvalue weighted by atomic mass is 10.2. The number of hydrogen-bond donors (Lipinski definition) is 1. The molecule has 1 N–H and O–H groups in total. The normalized spacial score (nSPS) is 10.6. The minimum absolute atomic E-state index is 0.194. The number of esters is 1. The number of thiophene rings is 1. The number of rotatable bonds is 6. The quantitative estimate of drug-likeness (QED) is 0.408. The molecule has 9 heteroatoms. The number of carbonyl (C=O) groups excluding carboxylic acids is 2. The summed E-state index contributed by atoms with van der Waals surface area (Å²) in [6, 6.07) is 19.5. The van der Waals surface area contributed by atoms with Crippen molar-refractivity contribution in [3.05, 3.63) is 88.3 Å². The minimum atomic E-state index is -0.791. The van der Waals surface area contributed by atoms with Crippen LogP contribution in [0.3, 0.4) is 0 Å². The van der Waals surface area contributed by atoms with Crippen molar-refractivity contribution in [2.24, 2.45) is 0 Å². The van der Waals surface area contributed by atoms with E-state index in [4.69, 9.17) is 9.15 Å². The van der Waals surface area contributed by atoms with Crippen LogP contribution in [0.5, 0.6) is 5.75 Å². The zero-order chi connectivity index (χ0) is 23.4. The Morgan fingerprint density at radius 3 is 2.48 bits per heavy atom. The van der Waals surface area contributed by atoms with Crippen molar-refractivity contribution < 1.29 is 23.5 Å². The maximum Gasteiger partial charge on any atom is 0.351 e. The van der Waals surface area contributed by atoms with Crippen LogP contribution in [0.4, 0.5) is 15.5 Å². The molecule has 4 aromatic rings. The van der Waals surface area contributed by atoms with Gasteiger partial charge in [-0.15, -0.1) is 11.3 Å². The Hall–Kier alpha value is -4.11. The minimum Gasteiger partial charge on any atom is -0.489 e. The number of ether oxygens (including phenoxy) is 2. The summed E-state index contributed by atoms with van der Waals surface area (Å²) in [5.41, 5.74) is 0.960. The van der Waals surface area contributed by atoms with Crippen LogP contribution < -0.4 is 20.6 Å². The molecule has 8 nitrogen and oxygen atoms in total. The average molecular weight is 464 g/mol. The maximum absolute atomic E-state index is 12.7. The van der Waals surface area contributed by atoms with E-state index in [0.717, 1.165) is 5.56 Å². The molecule has 2 amide bonds. The number of nitrogens with one attached hydrogen (secondary N) is 1. The molecule has 0 fully saturated rings. The van der Waals surface area contributed by atoms with E-state index in [2.05, 4.69) is 10.1 Å². The molecular weight excluding hydrogens is 444 g/mol. The zero-order valence-corrected chi connectivity index (χ0v) is 18.7. The van der Waals surface area contributed by atoms with Gasteiger partial charge in [0.2, 0.25) is 0 Å². The third-order valence-electron chi connectivity index (χ3n) is 4.80. The molecule has 0 aliphatic carbocycles. The topological polar surface area (TPSA) is 98.1 Å². The lowest BCUT2D eigenvalue weighted by molar-refractivity contribution is 0.0596. The van der Waals surface area contributed by atoms with Gasteiger partial charge in [-0.2, -0.15) is 0 Å². The molecule has 2 heterocycles. The number of urea groups is 1. The van der Waals surface area contributed by atoms with Crippen molar-refractivity contribution in [3.63, 3.8) is 0 Å². The van der Waals surface area contributed by atoms with Crippen LogP contribution in [0.2, 0.25) is 0 Å². The van der Waals surface area contributed by atoms with E-state index in [0.29, 0.717) is 27.7 Å². The summed E-state index contributed by atoms with van der Waals surface area (Å²) in [4.78, 5) is 37.8. The van der Waals surface area contributed by atoms with E-state index in [9.17, 15) is 14.4 Å². The third-order valence-corrected chi connectivity index (χ3v) is 5.94. The standard InChI is InChI=1S/C24H20N2O6S/c1-26(21-13-19-20(33-21)12-18(22(27)30-2)23(28)32-19)24(29)25-16-8-10-17(11-9-16)31-14-15-6-4-3-5-7-15/h3-13H,14H2,1-2H3,(H,25,29). The summed E-state index contributed by atoms with van der Waals surface area (Å²) in [5, 5.41) is 3.34. The van der Waals surface area contributed by atoms with Crippen LogP contribution in [-0.2, 0) is 11.3 Å². The van der Waals surface area contributed by atoms with Crippen LogP contribution in [0.25, 0.3) is 10.3 Å². The van der Waals surface area contributed by atoms with Crippen molar-refractivity contribution in [1.82, 2.24) is 0 Å². The molecular formula is C24H20N2O6S. The second-order valence-electron chi connectivity index (χ2n) is 7.04. The molecule has 2 aromatic heterocycles. The molecule has 33 heavy (non-hydrogen) atoms. The van der Waals surface area contributed by atoms with Crippen LogP contribution in [0, 0.1) is 0 Å². The summed E-state index contributed by atoms with van der Waals surface area (Å²) >= 11 is 1.21. The highest BCUT2D eigenvalue weighted by Gasteiger charge is 2.19. The first-order valence-corrected chi connectivity index (χ1v) is 10.7. The molecule has 0 atom stereocenters. The Morgan fingerprint density at radius 2 is 1.79 bits per heavy atom. The summed E-state index contributed by atoms with van der Waals surface area (Å²) in [5.74, 6) is -0.0888. The van der Waals surface area contributed by atoms with Crippen LogP contribution in [-0.4, -0.2) is 26.2 Å². The van der Waals surface area contributed by atoms with Crippen LogP contribution >= 0.6 is 11.3 Å². The zero-order valence-electron chi connectivity index (χ0n) is 17.9. The van der Waals surface area contributed by atoms with E-state index in [-0.39, 0.29) is 17.2 Å². The second-order valence-corrected chi connectivity index (χ2v) is 8.10. The number of hydrogen-bond acceptors (Lipinski definition) is 7. The van der Waals surface area contributed by atoms with Gasteiger partial charge in [-0.25, -0.2) is 14.4 Å². The summed E-state index contributed by atoms with van der Waals surface area (Å²) < 4.78 is 16.1. The SMILES string of the molecule is COC(=O)c1cc2sc(N(C)C(=O)Nc3ccc(OCc4ccccc4)cc3)cc2oc1=O. The molecule has 0 spiro atoms. The molecule has 0 aliphatic heterocycles. The fourth-order valence-corrected chi connectivity index (χ4v) is 3.99. The van der Waals surface area contributed by atoms with Crippen molar-refractivity contribution in [2.75, 3.05) is 24.4 Å². The van der Waals surface area contributed by atoms with Gasteiger partial charge in [0.1, 0.15) is 22.9 Å². The van der Waals surface area contributed by atoms with Gasteiger partial charge >= 0.3 is 17.6 Å². The van der Waals surface area contributed by atoms with Crippen molar-refractivity contribution in [2.45, 2.75) is 6.61 Å². The van der Waals surface area contributed by atoms with Gasteiger partial charge in [-0.1, -0.05) is 30.3 Å². The number of nitrogens with zero attached hydrogens (tertiary/aromatic N) is 1. The highest BCUT2D eigenvalue weighted by atomic mass is 32.1. The first-order valence-electron chi connectivity index (χ1n) is 9.92. The van der Waals surface area contributed by atoms with E-state index in [1.807, 2.05) is 30.3 Å². The summed E-state index contributed by atoms with van der Waals surface area (Å²) in [7, 11) is 2.78. The van der Waals surface area contributed by atoms with Gasteiger partial charge in [-0.3, -0.25) is 4.90 Å². The Morgan fingerprint density at radius 1 is 1.06 bits per heavy atom. The Balaban J connectivity index is 1.42. The lowest BCUT2D eigenvalue weighted by Crippen LogP contribution is -2.30. The maximum atomic E-state index is 12.7. The molecule has 0 saturated carbocycles. The Labute approximate surface area is 193 Å². The molecule has 4 rings (SSSR count). The van der Waals surface area contributed by atoms with Crippen LogP contribution in [0.15, 0.2) is 75.9 Å². The van der Waals surface area contributed by atoms with Crippen molar-refractivity contribution in [1.29, 1.82) is 0 Å². The number of anilines is 2. The largest absolute Gasteiger partial charge is 0.489 e. The first-order chi connectivity index (χ1) is 15.9. The average Bonchev–Trinajstić information content (AvgIpc) is 3.25. The summed E-state index contributed by atoms with van der Waals surface area (Å²) in [6.45, 7) is 0.453. The fourth-order valence-electron chi connectivity index (χ4n) is 3.00. The predicted octanol–water partition coefficient (Wildman–Crippen LogP) is 4.89. The number of amides is 2. The number of methoxy groups -OCH3 is 1. The van der Waals surface area contributed by atoms with E-state index < -0.39 is 11.6 Å². The summed E-state index contributed by atoms with van der Waals surface area (Å²) in [6.07, 6.45) is 0. The Kier molecular flexibility index (Phi) is 6.41. The molecule has 0 saturated heterocycles. The lowest BCUT2D eigenvalue weighted by Gasteiger charge is -2.16. The molecule has 0 bridgehead atoms.